The van der Waals surface area contributed by atoms with Crippen LogP contribution >= 0.6 is 0 Å². The molecule has 0 radical (unpaired) electrons. The average Bonchev–Trinajstić information content (AvgIpc) is 3.04. The third kappa shape index (κ3) is 8.47. The Hall–Kier alpha value is -3.10. The van der Waals surface area contributed by atoms with Gasteiger partial charge in [0.15, 0.2) is 0 Å². The number of nitrogens with one attached hydrogen (secondary N) is 1. The van der Waals surface area contributed by atoms with Crippen molar-refractivity contribution in [1.29, 1.82) is 0 Å². The second-order valence-corrected chi connectivity index (χ2v) is 10.2. The molecule has 1 amide bonds. The van der Waals surface area contributed by atoms with E-state index >= 15 is 0 Å². The Morgan fingerprint density at radius 2 is 1.92 bits per heavy atom. The fourth-order valence-electron chi connectivity index (χ4n) is 4.63. The van der Waals surface area contributed by atoms with Gasteiger partial charge >= 0.3 is 5.97 Å². The van der Waals surface area contributed by atoms with E-state index < -0.39 is 0 Å². The normalized spacial score (nSPS) is 19.2. The number of esters is 1. The topological polar surface area (TPSA) is 114 Å². The van der Waals surface area contributed by atoms with Gasteiger partial charge in [-0.15, -0.1) is 0 Å². The molecule has 0 fully saturated rings. The number of fused-ring (bicyclic) bond motifs is 1. The molecule has 8 nitrogen and oxygen atoms in total. The molecular formula is C29H40N4O4. The minimum absolute atomic E-state index is 0.00452. The van der Waals surface area contributed by atoms with E-state index in [1.54, 1.807) is 4.90 Å². The van der Waals surface area contributed by atoms with Gasteiger partial charge in [0.25, 0.3) is 0 Å². The van der Waals surface area contributed by atoms with Crippen molar-refractivity contribution >= 4 is 17.4 Å². The predicted octanol–water partition coefficient (Wildman–Crippen LogP) is 4.11. The van der Waals surface area contributed by atoms with Crippen LogP contribution in [-0.4, -0.2) is 55.2 Å². The number of hydrogen-bond donors (Lipinski definition) is 2. The molecule has 2 aliphatic rings. The molecule has 1 aromatic carbocycles. The molecule has 0 aromatic heterocycles. The number of nitrogens with zero attached hydrogens (tertiary/aromatic N) is 2. The van der Waals surface area contributed by atoms with Crippen LogP contribution in [0.3, 0.4) is 0 Å². The Bertz CT molecular complexity index is 1040. The Labute approximate surface area is 220 Å². The van der Waals surface area contributed by atoms with Crippen molar-refractivity contribution < 1.29 is 14.3 Å². The molecule has 2 atom stereocenters. The highest BCUT2D eigenvalue weighted by Gasteiger charge is 2.28. The molecule has 3 rings (SSSR count). The zero-order valence-electron chi connectivity index (χ0n) is 22.2. The number of benzene rings is 1. The molecule has 0 saturated carbocycles. The maximum Gasteiger partial charge on any atom is 0.310 e. The van der Waals surface area contributed by atoms with E-state index in [1.165, 1.54) is 5.57 Å². The van der Waals surface area contributed by atoms with E-state index in [0.717, 1.165) is 29.5 Å². The molecule has 1 heterocycles. The van der Waals surface area contributed by atoms with E-state index in [2.05, 4.69) is 22.6 Å². The number of ether oxygens (including phenoxy) is 1. The molecule has 1 aliphatic heterocycles. The van der Waals surface area contributed by atoms with Crippen LogP contribution in [0.25, 0.3) is 5.57 Å². The Morgan fingerprint density at radius 1 is 1.16 bits per heavy atom. The summed E-state index contributed by atoms with van der Waals surface area (Å²) < 4.78 is 5.29. The van der Waals surface area contributed by atoms with E-state index in [0.29, 0.717) is 44.0 Å². The zero-order valence-corrected chi connectivity index (χ0v) is 22.2. The number of nitrogens with two attached hydrogens (primary N) is 1. The van der Waals surface area contributed by atoms with Gasteiger partial charge in [0, 0.05) is 31.1 Å². The maximum absolute atomic E-state index is 13.3. The lowest BCUT2D eigenvalue weighted by molar-refractivity contribution is -0.143. The van der Waals surface area contributed by atoms with Gasteiger partial charge in [0.05, 0.1) is 25.7 Å². The van der Waals surface area contributed by atoms with Crippen LogP contribution in [0, 0.1) is 10.8 Å². The van der Waals surface area contributed by atoms with Crippen molar-refractivity contribution in [2.75, 3.05) is 26.2 Å². The molecule has 200 valence electrons. The lowest BCUT2D eigenvalue weighted by Crippen LogP contribution is -2.45. The molecule has 1 aliphatic carbocycles. The van der Waals surface area contributed by atoms with Crippen LogP contribution in [-0.2, 0) is 20.7 Å². The smallest absolute Gasteiger partial charge is 0.310 e. The molecule has 37 heavy (non-hydrogen) atoms. The first-order chi connectivity index (χ1) is 17.8. The lowest BCUT2D eigenvalue weighted by Gasteiger charge is -2.26. The molecule has 1 aromatic rings. The maximum atomic E-state index is 13.3. The monoisotopic (exact) mass is 508 g/mol. The van der Waals surface area contributed by atoms with Gasteiger partial charge in [-0.25, -0.2) is 0 Å². The molecule has 0 spiro atoms. The van der Waals surface area contributed by atoms with Crippen LogP contribution in [0.1, 0.15) is 57.6 Å². The summed E-state index contributed by atoms with van der Waals surface area (Å²) in [5, 5.41) is 6.39. The second-order valence-electron chi connectivity index (χ2n) is 10.2. The van der Waals surface area contributed by atoms with Crippen molar-refractivity contribution in [3.63, 3.8) is 0 Å². The Kier molecular flexibility index (Phi) is 10.8. The molecule has 0 saturated heterocycles. The van der Waals surface area contributed by atoms with E-state index in [-0.39, 0.29) is 37.0 Å². The van der Waals surface area contributed by atoms with Crippen molar-refractivity contribution in [3.05, 3.63) is 69.7 Å². The fraction of sp³-hybridized carbons (Fsp3) is 0.517. The molecule has 2 unspecified atom stereocenters. The number of hydrogen-bond acceptors (Lipinski definition) is 7. The molecular weight excluding hydrogens is 468 g/mol. The summed E-state index contributed by atoms with van der Waals surface area (Å²) in [6, 6.07) is 8.02. The summed E-state index contributed by atoms with van der Waals surface area (Å²) in [5.41, 5.74) is 11.3. The summed E-state index contributed by atoms with van der Waals surface area (Å²) in [5.74, 6) is 0.0833. The van der Waals surface area contributed by atoms with Gasteiger partial charge in [-0.2, -0.15) is 4.91 Å². The average molecular weight is 509 g/mol. The number of amides is 1. The molecule has 3 N–H and O–H groups in total. The van der Waals surface area contributed by atoms with Gasteiger partial charge in [-0.1, -0.05) is 62.4 Å². The highest BCUT2D eigenvalue weighted by molar-refractivity contribution is 5.94. The second kappa shape index (κ2) is 14.0. The lowest BCUT2D eigenvalue weighted by atomic mass is 9.88. The Balaban J connectivity index is 1.73. The first kappa shape index (κ1) is 28.5. The zero-order chi connectivity index (χ0) is 26.8. The SMILES string of the molecule is CCCN(CCCN=O)C(=O)C1=CC2=CC=C(c3ccc(CC(=O)OCC(C)C)cc3)CC2NC(N)C1. The van der Waals surface area contributed by atoms with Crippen LogP contribution in [0.5, 0.6) is 0 Å². The van der Waals surface area contributed by atoms with Gasteiger partial charge in [0.2, 0.25) is 5.91 Å². The number of carbonyl (C=O) groups excluding carboxylic acids is 2. The largest absolute Gasteiger partial charge is 0.465 e. The van der Waals surface area contributed by atoms with E-state index in [1.807, 2.05) is 51.1 Å². The van der Waals surface area contributed by atoms with Crippen molar-refractivity contribution in [2.24, 2.45) is 16.8 Å². The number of rotatable bonds is 12. The van der Waals surface area contributed by atoms with Gasteiger partial charge in [0.1, 0.15) is 0 Å². The number of allylic oxidation sites excluding steroid dienone is 2. The minimum Gasteiger partial charge on any atom is -0.465 e. The summed E-state index contributed by atoms with van der Waals surface area (Å²) >= 11 is 0. The van der Waals surface area contributed by atoms with Crippen LogP contribution < -0.4 is 11.1 Å². The number of nitroso groups, excluding NO2 is 1. The third-order valence-corrected chi connectivity index (χ3v) is 6.48. The standard InChI is InChI=1S/C29H40N4O4/c1-4-13-33(14-5-12-31-36)29(35)25-16-24-11-10-23(17-26(24)32-27(30)18-25)22-8-6-21(7-9-22)15-28(34)37-19-20(2)3/h6-11,16,20,26-27,32H,4-5,12-15,17-19,30H2,1-3H3. The quantitative estimate of drug-likeness (QED) is 0.250. The molecule has 0 bridgehead atoms. The van der Waals surface area contributed by atoms with Gasteiger partial charge < -0.3 is 15.4 Å². The first-order valence-electron chi connectivity index (χ1n) is 13.3. The summed E-state index contributed by atoms with van der Waals surface area (Å²) in [6.45, 7) is 7.85. The number of carbonyl (C=O) groups is 2. The highest BCUT2D eigenvalue weighted by atomic mass is 16.5. The summed E-state index contributed by atoms with van der Waals surface area (Å²) in [7, 11) is 0. The van der Waals surface area contributed by atoms with Crippen LogP contribution in [0.2, 0.25) is 0 Å². The van der Waals surface area contributed by atoms with Crippen molar-refractivity contribution in [3.8, 4) is 0 Å². The minimum atomic E-state index is -0.343. The Morgan fingerprint density at radius 3 is 2.59 bits per heavy atom. The third-order valence-electron chi connectivity index (χ3n) is 6.48. The fourth-order valence-corrected chi connectivity index (χ4v) is 4.63. The van der Waals surface area contributed by atoms with Crippen molar-refractivity contribution in [2.45, 2.75) is 65.1 Å². The first-order valence-corrected chi connectivity index (χ1v) is 13.3. The van der Waals surface area contributed by atoms with Gasteiger partial charge in [-0.3, -0.25) is 14.9 Å². The van der Waals surface area contributed by atoms with Crippen LogP contribution in [0.15, 0.2) is 58.8 Å². The van der Waals surface area contributed by atoms with Gasteiger partial charge in [-0.05, 0) is 53.5 Å². The summed E-state index contributed by atoms with van der Waals surface area (Å²) in [6.07, 6.45) is 8.63. The molecule has 8 heteroatoms. The summed E-state index contributed by atoms with van der Waals surface area (Å²) in [4.78, 5) is 37.6. The highest BCUT2D eigenvalue weighted by Crippen LogP contribution is 2.31. The van der Waals surface area contributed by atoms with E-state index in [4.69, 9.17) is 10.5 Å². The van der Waals surface area contributed by atoms with Crippen molar-refractivity contribution in [1.82, 2.24) is 10.2 Å². The predicted molar refractivity (Wildman–Crippen MR) is 146 cm³/mol. The van der Waals surface area contributed by atoms with Crippen LogP contribution in [0.4, 0.5) is 0 Å². The van der Waals surface area contributed by atoms with E-state index in [9.17, 15) is 14.5 Å².